The summed E-state index contributed by atoms with van der Waals surface area (Å²) in [6, 6.07) is 3.78. The number of nitrogens with zero attached hydrogens (tertiary/aromatic N) is 3. The van der Waals surface area contributed by atoms with E-state index in [1.165, 1.54) is 20.7 Å². The summed E-state index contributed by atoms with van der Waals surface area (Å²) >= 11 is 5.66. The van der Waals surface area contributed by atoms with Gasteiger partial charge in [0.05, 0.1) is 5.02 Å². The van der Waals surface area contributed by atoms with E-state index in [1.807, 2.05) is 0 Å². The highest BCUT2D eigenvalue weighted by Crippen LogP contribution is 2.26. The molecule has 1 aromatic rings. The van der Waals surface area contributed by atoms with Crippen LogP contribution in [0.25, 0.3) is 0 Å². The fourth-order valence-electron chi connectivity index (χ4n) is 2.68. The third-order valence-corrected chi connectivity index (χ3v) is 8.48. The monoisotopic (exact) mass is 413 g/mol. The summed E-state index contributed by atoms with van der Waals surface area (Å²) in [5.74, 6) is -0.998. The van der Waals surface area contributed by atoms with Gasteiger partial charge in [0.25, 0.3) is 10.2 Å². The molecule has 2 rings (SSSR count). The van der Waals surface area contributed by atoms with Crippen molar-refractivity contribution < 1.29 is 21.2 Å². The molecular weight excluding hydrogens is 393 g/mol. The molecule has 0 radical (unpaired) electrons. The van der Waals surface area contributed by atoms with E-state index in [0.29, 0.717) is 13.1 Å². The van der Waals surface area contributed by atoms with E-state index in [-0.39, 0.29) is 31.2 Å². The van der Waals surface area contributed by atoms with Crippen LogP contribution in [0.5, 0.6) is 0 Å². The van der Waals surface area contributed by atoms with Gasteiger partial charge < -0.3 is 0 Å². The van der Waals surface area contributed by atoms with Crippen LogP contribution in [-0.4, -0.2) is 69.0 Å². The molecule has 0 unspecified atom stereocenters. The van der Waals surface area contributed by atoms with Crippen molar-refractivity contribution in [2.75, 3.05) is 39.3 Å². The Bertz CT molecular complexity index is 820. The first kappa shape index (κ1) is 20.5. The van der Waals surface area contributed by atoms with Gasteiger partial charge in [-0.15, -0.1) is 0 Å². The van der Waals surface area contributed by atoms with E-state index in [4.69, 9.17) is 11.6 Å². The van der Waals surface area contributed by atoms with E-state index in [0.717, 1.165) is 10.4 Å². The molecule has 7 nitrogen and oxygen atoms in total. The minimum atomic E-state index is -4.08. The van der Waals surface area contributed by atoms with Crippen LogP contribution >= 0.6 is 11.6 Å². The summed E-state index contributed by atoms with van der Waals surface area (Å²) in [6.45, 7) is 4.09. The summed E-state index contributed by atoms with van der Waals surface area (Å²) in [5.41, 5.74) is 0. The van der Waals surface area contributed by atoms with Crippen LogP contribution in [0.4, 0.5) is 4.39 Å². The molecule has 0 spiro atoms. The lowest BCUT2D eigenvalue weighted by molar-refractivity contribution is 0.256. The second-order valence-electron chi connectivity index (χ2n) is 5.45. The van der Waals surface area contributed by atoms with Gasteiger partial charge in [0.15, 0.2) is 5.82 Å². The maximum atomic E-state index is 14.1. The van der Waals surface area contributed by atoms with Crippen molar-refractivity contribution in [1.29, 1.82) is 0 Å². The number of halogens is 2. The van der Waals surface area contributed by atoms with Crippen molar-refractivity contribution in [1.82, 2.24) is 12.9 Å². The highest BCUT2D eigenvalue weighted by atomic mass is 35.5. The number of piperazine rings is 1. The summed E-state index contributed by atoms with van der Waals surface area (Å²) in [4.78, 5) is -0.500. The molecule has 0 aromatic heterocycles. The molecule has 1 heterocycles. The lowest BCUT2D eigenvalue weighted by Gasteiger charge is -2.35. The van der Waals surface area contributed by atoms with Crippen LogP contribution in [0, 0.1) is 5.82 Å². The molecule has 0 bridgehead atoms. The van der Waals surface area contributed by atoms with Gasteiger partial charge in [-0.3, -0.25) is 0 Å². The van der Waals surface area contributed by atoms with Crippen molar-refractivity contribution in [2.24, 2.45) is 0 Å². The van der Waals surface area contributed by atoms with Crippen molar-refractivity contribution in [3.63, 3.8) is 0 Å². The van der Waals surface area contributed by atoms with Gasteiger partial charge in [0.2, 0.25) is 10.0 Å². The second-order valence-corrected chi connectivity index (χ2v) is 9.69. The molecular formula is C14H21ClFN3O4S2. The van der Waals surface area contributed by atoms with E-state index < -0.39 is 30.9 Å². The molecule has 0 aliphatic carbocycles. The quantitative estimate of drug-likeness (QED) is 0.705. The third-order valence-electron chi connectivity index (χ3n) is 4.09. The number of rotatable bonds is 6. The summed E-state index contributed by atoms with van der Waals surface area (Å²) in [5, 5.41) is -0.274. The molecule has 0 amide bonds. The van der Waals surface area contributed by atoms with Crippen LogP contribution in [-0.2, 0) is 20.2 Å². The normalized spacial score (nSPS) is 18.0. The minimum Gasteiger partial charge on any atom is -0.207 e. The van der Waals surface area contributed by atoms with Crippen molar-refractivity contribution >= 4 is 31.8 Å². The Labute approximate surface area is 153 Å². The molecule has 0 atom stereocenters. The highest BCUT2D eigenvalue weighted by Gasteiger charge is 2.36. The van der Waals surface area contributed by atoms with Gasteiger partial charge in [-0.2, -0.15) is 21.3 Å². The van der Waals surface area contributed by atoms with E-state index >= 15 is 0 Å². The Morgan fingerprint density at radius 3 is 2.08 bits per heavy atom. The van der Waals surface area contributed by atoms with Gasteiger partial charge in [-0.1, -0.05) is 31.5 Å². The summed E-state index contributed by atoms with van der Waals surface area (Å²) < 4.78 is 67.9. The average molecular weight is 414 g/mol. The fraction of sp³-hybridized carbons (Fsp3) is 0.571. The topological polar surface area (TPSA) is 78.0 Å². The molecule has 142 valence electrons. The predicted molar refractivity (Wildman–Crippen MR) is 93.6 cm³/mol. The van der Waals surface area contributed by atoms with Gasteiger partial charge in [-0.25, -0.2) is 12.8 Å². The smallest absolute Gasteiger partial charge is 0.207 e. The number of benzene rings is 1. The van der Waals surface area contributed by atoms with E-state index in [1.54, 1.807) is 13.8 Å². The Hall–Kier alpha value is -0.780. The van der Waals surface area contributed by atoms with Crippen LogP contribution in [0.1, 0.15) is 13.8 Å². The third kappa shape index (κ3) is 3.99. The summed E-state index contributed by atoms with van der Waals surface area (Å²) in [6.07, 6.45) is 0. The number of sulfonamides is 1. The van der Waals surface area contributed by atoms with Crippen LogP contribution in [0.3, 0.4) is 0 Å². The molecule has 1 saturated heterocycles. The molecule has 25 heavy (non-hydrogen) atoms. The van der Waals surface area contributed by atoms with Crippen molar-refractivity contribution in [3.8, 4) is 0 Å². The molecule has 1 aromatic carbocycles. The Morgan fingerprint density at radius 1 is 1.04 bits per heavy atom. The van der Waals surface area contributed by atoms with Crippen molar-refractivity contribution in [3.05, 3.63) is 29.0 Å². The Balaban J connectivity index is 2.18. The zero-order valence-corrected chi connectivity index (χ0v) is 16.4. The first-order chi connectivity index (χ1) is 11.7. The zero-order chi connectivity index (χ0) is 18.8. The lowest BCUT2D eigenvalue weighted by atomic mass is 10.3. The Kier molecular flexibility index (Phi) is 6.45. The fourth-order valence-corrected chi connectivity index (χ4v) is 6.02. The Morgan fingerprint density at radius 2 is 1.56 bits per heavy atom. The molecule has 0 saturated carbocycles. The minimum absolute atomic E-state index is 0.0141. The second kappa shape index (κ2) is 7.85. The summed E-state index contributed by atoms with van der Waals surface area (Å²) in [7, 11) is -7.70. The van der Waals surface area contributed by atoms with E-state index in [2.05, 4.69) is 0 Å². The van der Waals surface area contributed by atoms with Crippen LogP contribution in [0.15, 0.2) is 23.1 Å². The highest BCUT2D eigenvalue weighted by molar-refractivity contribution is 7.89. The molecule has 11 heteroatoms. The molecule has 1 aliphatic heterocycles. The van der Waals surface area contributed by atoms with Gasteiger partial charge in [0, 0.05) is 39.3 Å². The largest absolute Gasteiger partial charge is 0.282 e. The molecule has 0 N–H and O–H groups in total. The van der Waals surface area contributed by atoms with Gasteiger partial charge in [-0.05, 0) is 12.1 Å². The lowest BCUT2D eigenvalue weighted by Crippen LogP contribution is -2.54. The first-order valence-electron chi connectivity index (χ1n) is 7.85. The van der Waals surface area contributed by atoms with Crippen LogP contribution in [0.2, 0.25) is 5.02 Å². The number of hydrogen-bond acceptors (Lipinski definition) is 4. The van der Waals surface area contributed by atoms with Gasteiger partial charge in [0.1, 0.15) is 4.90 Å². The van der Waals surface area contributed by atoms with Crippen molar-refractivity contribution in [2.45, 2.75) is 18.7 Å². The number of hydrogen-bond donors (Lipinski definition) is 0. The average Bonchev–Trinajstić information content (AvgIpc) is 2.58. The predicted octanol–water partition coefficient (Wildman–Crippen LogP) is 1.37. The van der Waals surface area contributed by atoms with Gasteiger partial charge >= 0.3 is 0 Å². The molecule has 1 fully saturated rings. The first-order valence-corrected chi connectivity index (χ1v) is 11.1. The van der Waals surface area contributed by atoms with Crippen LogP contribution < -0.4 is 0 Å². The maximum absolute atomic E-state index is 14.1. The molecule has 1 aliphatic rings. The van der Waals surface area contributed by atoms with E-state index in [9.17, 15) is 21.2 Å². The standard InChI is InChI=1S/C14H21ClFN3O4S2/c1-3-17(4-2)25(22,23)19-10-8-18(9-11-19)24(20,21)13-7-5-6-12(15)14(13)16/h5-7H,3-4,8-11H2,1-2H3. The zero-order valence-electron chi connectivity index (χ0n) is 14.0. The maximum Gasteiger partial charge on any atom is 0.282 e. The SMILES string of the molecule is CCN(CC)S(=O)(=O)N1CCN(S(=O)(=O)c2cccc(Cl)c2F)CC1.